The fourth-order valence-corrected chi connectivity index (χ4v) is 3.88. The first-order valence-electron chi connectivity index (χ1n) is 9.71. The number of nitrogens with zero attached hydrogens (tertiary/aromatic N) is 6. The highest BCUT2D eigenvalue weighted by Gasteiger charge is 2.17. The second-order valence-corrected chi connectivity index (χ2v) is 8.01. The van der Waals surface area contributed by atoms with Crippen LogP contribution in [0, 0.1) is 0 Å². The normalized spacial score (nSPS) is 11.5. The molecule has 0 bridgehead atoms. The van der Waals surface area contributed by atoms with E-state index in [0.717, 1.165) is 17.7 Å². The Labute approximate surface area is 179 Å². The van der Waals surface area contributed by atoms with Gasteiger partial charge in [-0.25, -0.2) is 9.17 Å². The van der Waals surface area contributed by atoms with Crippen LogP contribution in [0.25, 0.3) is 21.9 Å². The van der Waals surface area contributed by atoms with E-state index in [0.29, 0.717) is 43.2 Å². The SMILES string of the molecule is CCCCn1c(=O)n(CCCCc2noc(-c3ccns3)n2)c(=O)c2[nH]c(Cl)nc21. The summed E-state index contributed by atoms with van der Waals surface area (Å²) in [4.78, 5) is 37.7. The zero-order chi connectivity index (χ0) is 21.1. The van der Waals surface area contributed by atoms with Crippen LogP contribution in [0.15, 0.2) is 26.4 Å². The van der Waals surface area contributed by atoms with Gasteiger partial charge in [0, 0.05) is 25.7 Å². The number of imidazole rings is 1. The van der Waals surface area contributed by atoms with Crippen molar-refractivity contribution in [1.82, 2.24) is 33.6 Å². The first-order valence-corrected chi connectivity index (χ1v) is 10.9. The van der Waals surface area contributed by atoms with Gasteiger partial charge in [-0.05, 0) is 48.5 Å². The molecule has 0 amide bonds. The summed E-state index contributed by atoms with van der Waals surface area (Å²) in [7, 11) is 0. The molecule has 0 spiro atoms. The van der Waals surface area contributed by atoms with Crippen molar-refractivity contribution in [3.63, 3.8) is 0 Å². The number of fused-ring (bicyclic) bond motifs is 1. The summed E-state index contributed by atoms with van der Waals surface area (Å²) in [6, 6.07) is 1.82. The zero-order valence-corrected chi connectivity index (χ0v) is 17.9. The standard InChI is InChI=1S/C18H20ClN7O3S/c1-2-3-9-25-14-13(22-17(19)23-14)16(27)26(18(25)28)10-5-4-6-12-21-15(29-24-12)11-7-8-20-30-11/h7-8H,2-6,9-10H2,1H3,(H,22,23). The number of hydrogen-bond acceptors (Lipinski definition) is 8. The van der Waals surface area contributed by atoms with E-state index in [1.54, 1.807) is 6.20 Å². The Balaban J connectivity index is 1.47. The van der Waals surface area contributed by atoms with Gasteiger partial charge in [0.2, 0.25) is 5.28 Å². The monoisotopic (exact) mass is 449 g/mol. The summed E-state index contributed by atoms with van der Waals surface area (Å²) in [5.74, 6) is 1.03. The summed E-state index contributed by atoms with van der Waals surface area (Å²) in [5.41, 5.74) is -0.212. The van der Waals surface area contributed by atoms with Crippen molar-refractivity contribution in [2.75, 3.05) is 0 Å². The number of H-pyrrole nitrogens is 1. The lowest BCUT2D eigenvalue weighted by molar-refractivity contribution is 0.421. The predicted octanol–water partition coefficient (Wildman–Crippen LogP) is 2.87. The maximum atomic E-state index is 12.9. The molecule has 158 valence electrons. The molecule has 1 N–H and O–H groups in total. The molecule has 0 saturated heterocycles. The third-order valence-corrected chi connectivity index (χ3v) is 5.63. The number of aromatic amines is 1. The molecule has 4 aromatic heterocycles. The molecule has 4 heterocycles. The predicted molar refractivity (Wildman–Crippen MR) is 113 cm³/mol. The molecule has 0 atom stereocenters. The molecular weight excluding hydrogens is 430 g/mol. The molecule has 4 aromatic rings. The first kappa shape index (κ1) is 20.5. The summed E-state index contributed by atoms with van der Waals surface area (Å²) in [5, 5.41) is 4.07. The number of nitrogens with one attached hydrogen (secondary N) is 1. The van der Waals surface area contributed by atoms with E-state index in [1.165, 1.54) is 20.7 Å². The summed E-state index contributed by atoms with van der Waals surface area (Å²) >= 11 is 7.23. The van der Waals surface area contributed by atoms with Crippen molar-refractivity contribution in [1.29, 1.82) is 0 Å². The molecule has 0 aliphatic carbocycles. The Kier molecular flexibility index (Phi) is 6.09. The third kappa shape index (κ3) is 4.08. The molecule has 0 fully saturated rings. The summed E-state index contributed by atoms with van der Waals surface area (Å²) in [6.07, 6.45) is 5.29. The van der Waals surface area contributed by atoms with E-state index in [9.17, 15) is 9.59 Å². The van der Waals surface area contributed by atoms with Gasteiger partial charge in [0.15, 0.2) is 17.0 Å². The lowest BCUT2D eigenvalue weighted by atomic mass is 10.2. The van der Waals surface area contributed by atoms with E-state index in [-0.39, 0.29) is 23.0 Å². The van der Waals surface area contributed by atoms with Crippen LogP contribution >= 0.6 is 23.1 Å². The molecular formula is C18H20ClN7O3S. The third-order valence-electron chi connectivity index (χ3n) is 4.72. The average Bonchev–Trinajstić information content (AvgIpc) is 3.47. The van der Waals surface area contributed by atoms with E-state index in [2.05, 4.69) is 24.5 Å². The van der Waals surface area contributed by atoms with Gasteiger partial charge < -0.3 is 9.51 Å². The summed E-state index contributed by atoms with van der Waals surface area (Å²) in [6.45, 7) is 2.81. The van der Waals surface area contributed by atoms with Crippen molar-refractivity contribution in [2.24, 2.45) is 0 Å². The minimum absolute atomic E-state index is 0.0957. The van der Waals surface area contributed by atoms with Crippen molar-refractivity contribution in [3.05, 3.63) is 44.2 Å². The average molecular weight is 450 g/mol. The lowest BCUT2D eigenvalue weighted by Gasteiger charge is -2.10. The van der Waals surface area contributed by atoms with Crippen LogP contribution in [-0.2, 0) is 19.5 Å². The maximum Gasteiger partial charge on any atom is 0.332 e. The Morgan fingerprint density at radius 2 is 2.00 bits per heavy atom. The van der Waals surface area contributed by atoms with Crippen molar-refractivity contribution < 1.29 is 4.52 Å². The van der Waals surface area contributed by atoms with Crippen LogP contribution in [0.5, 0.6) is 0 Å². The molecule has 4 rings (SSSR count). The largest absolute Gasteiger partial charge is 0.333 e. The molecule has 0 saturated carbocycles. The Morgan fingerprint density at radius 3 is 2.77 bits per heavy atom. The van der Waals surface area contributed by atoms with Gasteiger partial charge in [-0.2, -0.15) is 9.97 Å². The van der Waals surface area contributed by atoms with Gasteiger partial charge in [0.1, 0.15) is 4.88 Å². The van der Waals surface area contributed by atoms with Crippen LogP contribution in [0.2, 0.25) is 5.28 Å². The molecule has 0 aliphatic heterocycles. The molecule has 30 heavy (non-hydrogen) atoms. The smallest absolute Gasteiger partial charge is 0.332 e. The van der Waals surface area contributed by atoms with Gasteiger partial charge in [0.25, 0.3) is 11.4 Å². The molecule has 0 aliphatic rings. The molecule has 12 heteroatoms. The topological polar surface area (TPSA) is 124 Å². The van der Waals surface area contributed by atoms with Crippen LogP contribution < -0.4 is 11.2 Å². The Bertz CT molecular complexity index is 1260. The number of unbranched alkanes of at least 4 members (excludes halogenated alkanes) is 2. The summed E-state index contributed by atoms with van der Waals surface area (Å²) < 4.78 is 12.0. The van der Waals surface area contributed by atoms with Crippen LogP contribution in [0.3, 0.4) is 0 Å². The Morgan fingerprint density at radius 1 is 1.17 bits per heavy atom. The highest BCUT2D eigenvalue weighted by atomic mass is 35.5. The minimum atomic E-state index is -0.408. The van der Waals surface area contributed by atoms with Gasteiger partial charge in [0.05, 0.1) is 0 Å². The fourth-order valence-electron chi connectivity index (χ4n) is 3.19. The second-order valence-electron chi connectivity index (χ2n) is 6.82. The number of rotatable bonds is 9. The highest BCUT2D eigenvalue weighted by Crippen LogP contribution is 2.20. The Hall–Kier alpha value is -2.79. The fraction of sp³-hybridized carbons (Fsp3) is 0.444. The number of aryl methyl sites for hydroxylation is 2. The minimum Gasteiger partial charge on any atom is -0.333 e. The van der Waals surface area contributed by atoms with E-state index >= 15 is 0 Å². The molecule has 0 aromatic carbocycles. The quantitative estimate of drug-likeness (QED) is 0.307. The maximum absolute atomic E-state index is 12.9. The van der Waals surface area contributed by atoms with E-state index < -0.39 is 5.56 Å². The van der Waals surface area contributed by atoms with Crippen molar-refractivity contribution in [3.8, 4) is 10.8 Å². The molecule has 0 radical (unpaired) electrons. The van der Waals surface area contributed by atoms with Gasteiger partial charge in [-0.3, -0.25) is 13.9 Å². The van der Waals surface area contributed by atoms with Crippen LogP contribution in [-0.4, -0.2) is 33.6 Å². The molecule has 0 unspecified atom stereocenters. The number of hydrogen-bond donors (Lipinski definition) is 1. The van der Waals surface area contributed by atoms with Crippen molar-refractivity contribution in [2.45, 2.75) is 52.1 Å². The van der Waals surface area contributed by atoms with Crippen LogP contribution in [0.1, 0.15) is 38.4 Å². The first-order chi connectivity index (χ1) is 14.6. The van der Waals surface area contributed by atoms with Gasteiger partial charge in [-0.1, -0.05) is 18.5 Å². The van der Waals surface area contributed by atoms with Crippen molar-refractivity contribution >= 4 is 34.3 Å². The lowest BCUT2D eigenvalue weighted by Crippen LogP contribution is -2.40. The highest BCUT2D eigenvalue weighted by molar-refractivity contribution is 7.09. The van der Waals surface area contributed by atoms with Gasteiger partial charge in [-0.15, -0.1) is 0 Å². The van der Waals surface area contributed by atoms with E-state index in [1.807, 2.05) is 13.0 Å². The molecule has 10 nitrogen and oxygen atoms in total. The zero-order valence-electron chi connectivity index (χ0n) is 16.3. The second kappa shape index (κ2) is 8.92. The van der Waals surface area contributed by atoms with E-state index in [4.69, 9.17) is 16.1 Å². The van der Waals surface area contributed by atoms with Crippen LogP contribution in [0.4, 0.5) is 0 Å². The van der Waals surface area contributed by atoms with Gasteiger partial charge >= 0.3 is 5.69 Å². The number of aromatic nitrogens is 7. The number of halogens is 1.